The van der Waals surface area contributed by atoms with Gasteiger partial charge in [0.25, 0.3) is 11.7 Å². The predicted molar refractivity (Wildman–Crippen MR) is 128 cm³/mol. The molecule has 172 valence electrons. The number of aliphatic hydroxyl groups excluding tert-OH is 1. The fourth-order valence-electron chi connectivity index (χ4n) is 4.42. The minimum absolute atomic E-state index is 0.00634. The van der Waals surface area contributed by atoms with E-state index in [1.54, 1.807) is 24.3 Å². The number of Topliss-reactive ketones (excluding diaryl/α,β-unsaturated/α-hetero) is 1. The average molecular weight is 498 g/mol. The molecule has 1 fully saturated rings. The molecule has 2 aliphatic heterocycles. The molecule has 0 aliphatic carbocycles. The zero-order valence-electron chi connectivity index (χ0n) is 17.9. The van der Waals surface area contributed by atoms with E-state index in [4.69, 9.17) is 27.9 Å². The second kappa shape index (κ2) is 8.46. The lowest BCUT2D eigenvalue weighted by atomic mass is 9.94. The standard InChI is InChI=1S/C26H18Cl2FNO4/c1-13-10-16-11-15(4-9-21(16)34-13)24(31)22-23(14-2-5-17(29)6-3-14)30(26(33)25(22)32)18-7-8-19(27)20(28)12-18/h2-9,11-13,23,31H,10H2,1H3/b24-22-. The Kier molecular flexibility index (Phi) is 5.58. The molecule has 0 aromatic heterocycles. The Bertz CT molecular complexity index is 1370. The third kappa shape index (κ3) is 3.73. The molecule has 2 heterocycles. The number of benzene rings is 3. The van der Waals surface area contributed by atoms with Crippen molar-refractivity contribution in [3.8, 4) is 5.75 Å². The fourth-order valence-corrected chi connectivity index (χ4v) is 4.71. The van der Waals surface area contributed by atoms with E-state index in [9.17, 15) is 19.1 Å². The summed E-state index contributed by atoms with van der Waals surface area (Å²) < 4.78 is 19.4. The Hall–Kier alpha value is -3.35. The van der Waals surface area contributed by atoms with Crippen LogP contribution >= 0.6 is 23.2 Å². The van der Waals surface area contributed by atoms with Crippen molar-refractivity contribution < 1.29 is 23.8 Å². The number of hydrogen-bond donors (Lipinski definition) is 1. The summed E-state index contributed by atoms with van der Waals surface area (Å²) >= 11 is 12.2. The first-order chi connectivity index (χ1) is 16.2. The number of ketones is 1. The number of ether oxygens (including phenoxy) is 1. The van der Waals surface area contributed by atoms with Gasteiger partial charge in [0.2, 0.25) is 0 Å². The average Bonchev–Trinajstić information content (AvgIpc) is 3.31. The van der Waals surface area contributed by atoms with Gasteiger partial charge in [-0.3, -0.25) is 14.5 Å². The van der Waals surface area contributed by atoms with Crippen molar-refractivity contribution in [1.82, 2.24) is 0 Å². The van der Waals surface area contributed by atoms with Crippen LogP contribution in [0.15, 0.2) is 66.2 Å². The van der Waals surface area contributed by atoms with E-state index in [0.717, 1.165) is 11.3 Å². The van der Waals surface area contributed by atoms with Crippen LogP contribution in [0, 0.1) is 5.82 Å². The molecule has 0 spiro atoms. The van der Waals surface area contributed by atoms with Gasteiger partial charge < -0.3 is 9.84 Å². The zero-order chi connectivity index (χ0) is 24.1. The van der Waals surface area contributed by atoms with Gasteiger partial charge >= 0.3 is 0 Å². The molecular formula is C26H18Cl2FNO4. The van der Waals surface area contributed by atoms with Crippen molar-refractivity contribution in [1.29, 1.82) is 0 Å². The molecule has 2 atom stereocenters. The molecule has 3 aromatic rings. The fraction of sp³-hybridized carbons (Fsp3) is 0.154. The molecule has 0 radical (unpaired) electrons. The number of anilines is 1. The Labute approximate surface area is 205 Å². The van der Waals surface area contributed by atoms with Gasteiger partial charge in [-0.1, -0.05) is 35.3 Å². The highest BCUT2D eigenvalue weighted by Gasteiger charge is 2.47. The van der Waals surface area contributed by atoms with Crippen molar-refractivity contribution in [2.75, 3.05) is 4.90 Å². The summed E-state index contributed by atoms with van der Waals surface area (Å²) in [6.07, 6.45) is 0.668. The number of rotatable bonds is 3. The lowest BCUT2D eigenvalue weighted by molar-refractivity contribution is -0.132. The second-order valence-electron chi connectivity index (χ2n) is 8.27. The predicted octanol–water partition coefficient (Wildman–Crippen LogP) is 6.08. The molecule has 0 saturated carbocycles. The molecule has 1 saturated heterocycles. The summed E-state index contributed by atoms with van der Waals surface area (Å²) in [5.74, 6) is -1.77. The van der Waals surface area contributed by atoms with Gasteiger partial charge in [-0.2, -0.15) is 0 Å². The summed E-state index contributed by atoms with van der Waals surface area (Å²) in [5.41, 5.74) is 1.95. The Balaban J connectivity index is 1.69. The smallest absolute Gasteiger partial charge is 0.300 e. The summed E-state index contributed by atoms with van der Waals surface area (Å²) in [6, 6.07) is 14.1. The molecule has 1 amide bonds. The highest BCUT2D eigenvalue weighted by atomic mass is 35.5. The number of carbonyl (C=O) groups excluding carboxylic acids is 2. The van der Waals surface area contributed by atoms with Gasteiger partial charge in [0, 0.05) is 17.7 Å². The zero-order valence-corrected chi connectivity index (χ0v) is 19.4. The molecular weight excluding hydrogens is 480 g/mol. The van der Waals surface area contributed by atoms with Crippen LogP contribution in [-0.4, -0.2) is 22.9 Å². The summed E-state index contributed by atoms with van der Waals surface area (Å²) in [7, 11) is 0. The molecule has 5 nitrogen and oxygen atoms in total. The van der Waals surface area contributed by atoms with E-state index in [0.29, 0.717) is 23.2 Å². The number of carbonyl (C=O) groups is 2. The highest BCUT2D eigenvalue weighted by molar-refractivity contribution is 6.52. The molecule has 2 unspecified atom stereocenters. The second-order valence-corrected chi connectivity index (χ2v) is 9.09. The van der Waals surface area contributed by atoms with Crippen molar-refractivity contribution in [3.05, 3.63) is 98.8 Å². The van der Waals surface area contributed by atoms with Crippen LogP contribution in [0.25, 0.3) is 5.76 Å². The van der Waals surface area contributed by atoms with Gasteiger partial charge in [-0.15, -0.1) is 0 Å². The maximum atomic E-state index is 13.7. The Morgan fingerprint density at radius 2 is 1.76 bits per heavy atom. The first-order valence-corrected chi connectivity index (χ1v) is 11.3. The number of nitrogens with zero attached hydrogens (tertiary/aromatic N) is 1. The van der Waals surface area contributed by atoms with Crippen LogP contribution in [0.1, 0.15) is 29.7 Å². The van der Waals surface area contributed by atoms with Crippen LogP contribution in [0.4, 0.5) is 10.1 Å². The van der Waals surface area contributed by atoms with E-state index in [-0.39, 0.29) is 27.5 Å². The third-order valence-corrected chi connectivity index (χ3v) is 6.72. The number of aliphatic hydroxyl groups is 1. The Morgan fingerprint density at radius 3 is 2.47 bits per heavy atom. The lowest BCUT2D eigenvalue weighted by Crippen LogP contribution is -2.29. The van der Waals surface area contributed by atoms with Crippen molar-refractivity contribution in [2.45, 2.75) is 25.5 Å². The maximum Gasteiger partial charge on any atom is 0.300 e. The maximum absolute atomic E-state index is 13.7. The van der Waals surface area contributed by atoms with Crippen molar-refractivity contribution in [3.63, 3.8) is 0 Å². The quantitative estimate of drug-likeness (QED) is 0.270. The largest absolute Gasteiger partial charge is 0.507 e. The topological polar surface area (TPSA) is 66.8 Å². The third-order valence-electron chi connectivity index (χ3n) is 5.98. The van der Waals surface area contributed by atoms with E-state index in [2.05, 4.69) is 0 Å². The Morgan fingerprint density at radius 1 is 1.03 bits per heavy atom. The minimum atomic E-state index is -0.999. The number of amides is 1. The van der Waals surface area contributed by atoms with Crippen LogP contribution in [0.2, 0.25) is 10.0 Å². The summed E-state index contributed by atoms with van der Waals surface area (Å²) in [4.78, 5) is 27.7. The molecule has 5 rings (SSSR count). The first kappa shape index (κ1) is 22.4. The number of fused-ring (bicyclic) bond motifs is 1. The van der Waals surface area contributed by atoms with Crippen molar-refractivity contribution >= 4 is 46.3 Å². The van der Waals surface area contributed by atoms with Gasteiger partial charge in [0.15, 0.2) is 0 Å². The normalized spacial score (nSPS) is 21.0. The molecule has 8 heteroatoms. The van der Waals surface area contributed by atoms with Crippen LogP contribution in [0.5, 0.6) is 5.75 Å². The van der Waals surface area contributed by atoms with E-state index < -0.39 is 23.5 Å². The SMILES string of the molecule is CC1Cc2cc(/C(O)=C3/C(=O)C(=O)N(c4ccc(Cl)c(Cl)c4)C3c3ccc(F)cc3)ccc2O1. The van der Waals surface area contributed by atoms with E-state index in [1.165, 1.54) is 41.3 Å². The minimum Gasteiger partial charge on any atom is -0.507 e. The van der Waals surface area contributed by atoms with E-state index >= 15 is 0 Å². The van der Waals surface area contributed by atoms with Gasteiger partial charge in [0.05, 0.1) is 21.7 Å². The summed E-state index contributed by atoms with van der Waals surface area (Å²) in [6.45, 7) is 1.94. The molecule has 0 bridgehead atoms. The number of hydrogen-bond acceptors (Lipinski definition) is 4. The molecule has 3 aromatic carbocycles. The van der Waals surface area contributed by atoms with Gasteiger partial charge in [-0.05, 0) is 66.6 Å². The van der Waals surface area contributed by atoms with Gasteiger partial charge in [-0.25, -0.2) is 4.39 Å². The number of halogens is 3. The molecule has 1 N–H and O–H groups in total. The van der Waals surface area contributed by atoms with Crippen LogP contribution in [0.3, 0.4) is 0 Å². The van der Waals surface area contributed by atoms with E-state index in [1.807, 2.05) is 6.92 Å². The van der Waals surface area contributed by atoms with Crippen molar-refractivity contribution in [2.24, 2.45) is 0 Å². The summed E-state index contributed by atoms with van der Waals surface area (Å²) in [5, 5.41) is 11.8. The highest BCUT2D eigenvalue weighted by Crippen LogP contribution is 2.44. The first-order valence-electron chi connectivity index (χ1n) is 10.6. The monoisotopic (exact) mass is 497 g/mol. The van der Waals surface area contributed by atoms with Crippen LogP contribution < -0.4 is 9.64 Å². The molecule has 2 aliphatic rings. The lowest BCUT2D eigenvalue weighted by Gasteiger charge is -2.25. The molecule has 34 heavy (non-hydrogen) atoms. The van der Waals surface area contributed by atoms with Gasteiger partial charge in [0.1, 0.15) is 23.4 Å². The van der Waals surface area contributed by atoms with Crippen LogP contribution in [-0.2, 0) is 16.0 Å².